The fourth-order valence-electron chi connectivity index (χ4n) is 4.29. The maximum Gasteiger partial charge on any atom is 0.408 e. The fraction of sp³-hybridized carbons (Fsp3) is 0.452. The van der Waals surface area contributed by atoms with Crippen molar-refractivity contribution in [2.45, 2.75) is 79.5 Å². The SMILES string of the molecule is C=Cc1cccc(C(C(=O)Nc2c(C)cccc2C)N(CC)C(=O)C(NC(=O)OC(C)(C)C)C(C)CC)c1. The van der Waals surface area contributed by atoms with Crippen LogP contribution < -0.4 is 10.6 Å². The molecule has 38 heavy (non-hydrogen) atoms. The zero-order valence-corrected chi connectivity index (χ0v) is 24.1. The molecule has 0 heterocycles. The average molecular weight is 522 g/mol. The lowest BCUT2D eigenvalue weighted by Gasteiger charge is -2.35. The van der Waals surface area contributed by atoms with E-state index in [-0.39, 0.29) is 24.3 Å². The van der Waals surface area contributed by atoms with Crippen LogP contribution in [0.3, 0.4) is 0 Å². The normalized spacial score (nSPS) is 13.6. The van der Waals surface area contributed by atoms with Gasteiger partial charge in [0.15, 0.2) is 0 Å². The number of hydrogen-bond donors (Lipinski definition) is 2. The van der Waals surface area contributed by atoms with E-state index in [0.717, 1.165) is 22.4 Å². The predicted octanol–water partition coefficient (Wildman–Crippen LogP) is 6.41. The molecule has 2 N–H and O–H groups in total. The molecule has 0 aromatic heterocycles. The van der Waals surface area contributed by atoms with Gasteiger partial charge in [-0.05, 0) is 75.8 Å². The highest BCUT2D eigenvalue weighted by atomic mass is 16.6. The molecule has 0 fully saturated rings. The van der Waals surface area contributed by atoms with Crippen molar-refractivity contribution >= 4 is 29.7 Å². The highest BCUT2D eigenvalue weighted by molar-refractivity contribution is 6.00. The van der Waals surface area contributed by atoms with Crippen molar-refractivity contribution < 1.29 is 19.1 Å². The van der Waals surface area contributed by atoms with Gasteiger partial charge in [-0.15, -0.1) is 0 Å². The standard InChI is InChI=1S/C31H43N3O4/c1-10-20(4)26(33-30(37)38-31(7,8)9)29(36)34(12-3)27(24-18-14-17-23(11-2)19-24)28(35)32-25-21(5)15-13-16-22(25)6/h11,13-20,26-27H,2,10,12H2,1,3-9H3,(H,32,35)(H,33,37). The van der Waals surface area contributed by atoms with Crippen LogP contribution in [0.4, 0.5) is 10.5 Å². The molecule has 0 saturated carbocycles. The van der Waals surface area contributed by atoms with E-state index in [1.165, 1.54) is 4.90 Å². The second-order valence-corrected chi connectivity index (χ2v) is 10.7. The number of para-hydroxylation sites is 1. The number of carbonyl (C=O) groups is 3. The number of hydrogen-bond acceptors (Lipinski definition) is 4. The van der Waals surface area contributed by atoms with Gasteiger partial charge in [-0.2, -0.15) is 0 Å². The van der Waals surface area contributed by atoms with Crippen LogP contribution >= 0.6 is 0 Å². The third-order valence-electron chi connectivity index (χ3n) is 6.53. The summed E-state index contributed by atoms with van der Waals surface area (Å²) in [5.74, 6) is -0.872. The van der Waals surface area contributed by atoms with Crippen molar-refractivity contribution in [2.75, 3.05) is 11.9 Å². The van der Waals surface area contributed by atoms with Crippen LogP contribution in [0.2, 0.25) is 0 Å². The molecule has 206 valence electrons. The molecule has 3 unspecified atom stereocenters. The Labute approximate surface area is 227 Å². The van der Waals surface area contributed by atoms with Gasteiger partial charge in [-0.1, -0.05) is 69.3 Å². The number of nitrogens with one attached hydrogen (secondary N) is 2. The summed E-state index contributed by atoms with van der Waals surface area (Å²) in [5, 5.41) is 5.84. The molecule has 2 aromatic rings. The first-order valence-corrected chi connectivity index (χ1v) is 13.2. The van der Waals surface area contributed by atoms with Crippen LogP contribution in [-0.4, -0.2) is 41.0 Å². The Balaban J connectivity index is 2.55. The molecular weight excluding hydrogens is 478 g/mol. The number of ether oxygens (including phenoxy) is 1. The van der Waals surface area contributed by atoms with E-state index in [0.29, 0.717) is 12.0 Å². The zero-order chi connectivity index (χ0) is 28.6. The van der Waals surface area contributed by atoms with Gasteiger partial charge in [-0.3, -0.25) is 9.59 Å². The van der Waals surface area contributed by atoms with Gasteiger partial charge in [0.25, 0.3) is 5.91 Å². The molecule has 0 saturated heterocycles. The number of aryl methyl sites for hydroxylation is 2. The molecule has 7 nitrogen and oxygen atoms in total. The molecule has 0 aliphatic heterocycles. The number of rotatable bonds is 10. The fourth-order valence-corrected chi connectivity index (χ4v) is 4.29. The van der Waals surface area contributed by atoms with E-state index in [4.69, 9.17) is 4.74 Å². The summed E-state index contributed by atoms with van der Waals surface area (Å²) in [4.78, 5) is 42.3. The summed E-state index contributed by atoms with van der Waals surface area (Å²) in [6.07, 6.45) is 1.68. The molecule has 0 aliphatic carbocycles. The smallest absolute Gasteiger partial charge is 0.408 e. The van der Waals surface area contributed by atoms with Crippen LogP contribution in [0.5, 0.6) is 0 Å². The van der Waals surface area contributed by atoms with Crippen molar-refractivity contribution in [2.24, 2.45) is 5.92 Å². The molecule has 2 aromatic carbocycles. The molecule has 7 heteroatoms. The van der Waals surface area contributed by atoms with Gasteiger partial charge in [0.1, 0.15) is 17.7 Å². The summed E-state index contributed by atoms with van der Waals surface area (Å²) in [5.41, 5.74) is 3.35. The minimum atomic E-state index is -0.932. The number of amides is 3. The van der Waals surface area contributed by atoms with Crippen molar-refractivity contribution in [3.8, 4) is 0 Å². The first-order chi connectivity index (χ1) is 17.8. The summed E-state index contributed by atoms with van der Waals surface area (Å²) in [6, 6.07) is 11.4. The van der Waals surface area contributed by atoms with Crippen molar-refractivity contribution in [1.29, 1.82) is 0 Å². The van der Waals surface area contributed by atoms with E-state index in [2.05, 4.69) is 17.2 Å². The molecular formula is C31H43N3O4. The number of nitrogens with zero attached hydrogens (tertiary/aromatic N) is 1. The number of alkyl carbamates (subject to hydrolysis) is 1. The molecule has 0 spiro atoms. The van der Waals surface area contributed by atoms with E-state index >= 15 is 0 Å². The monoisotopic (exact) mass is 521 g/mol. The molecule has 3 atom stereocenters. The van der Waals surface area contributed by atoms with Crippen molar-refractivity contribution in [3.05, 3.63) is 71.3 Å². The third kappa shape index (κ3) is 7.94. The van der Waals surface area contributed by atoms with E-state index in [1.807, 2.05) is 77.1 Å². The molecule has 0 radical (unpaired) electrons. The minimum absolute atomic E-state index is 0.189. The van der Waals surface area contributed by atoms with Crippen LogP contribution in [-0.2, 0) is 14.3 Å². The third-order valence-corrected chi connectivity index (χ3v) is 6.53. The Morgan fingerprint density at radius 2 is 1.66 bits per heavy atom. The van der Waals surface area contributed by atoms with Crippen LogP contribution in [0.1, 0.15) is 76.3 Å². The highest BCUT2D eigenvalue weighted by Crippen LogP contribution is 2.28. The van der Waals surface area contributed by atoms with Gasteiger partial charge in [-0.25, -0.2) is 4.79 Å². The second kappa shape index (κ2) is 13.3. The Morgan fingerprint density at radius 1 is 1.05 bits per heavy atom. The first-order valence-electron chi connectivity index (χ1n) is 13.2. The highest BCUT2D eigenvalue weighted by Gasteiger charge is 2.37. The first kappa shape index (κ1) is 30.6. The second-order valence-electron chi connectivity index (χ2n) is 10.7. The van der Waals surface area contributed by atoms with Gasteiger partial charge < -0.3 is 20.3 Å². The van der Waals surface area contributed by atoms with Crippen molar-refractivity contribution in [3.63, 3.8) is 0 Å². The zero-order valence-electron chi connectivity index (χ0n) is 24.1. The number of likely N-dealkylation sites (N-methyl/N-ethyl adjacent to an activating group) is 1. The quantitative estimate of drug-likeness (QED) is 0.378. The van der Waals surface area contributed by atoms with Crippen molar-refractivity contribution in [1.82, 2.24) is 10.2 Å². The minimum Gasteiger partial charge on any atom is -0.444 e. The average Bonchev–Trinajstić information content (AvgIpc) is 2.86. The largest absolute Gasteiger partial charge is 0.444 e. The number of benzene rings is 2. The summed E-state index contributed by atoms with van der Waals surface area (Å²) in [7, 11) is 0. The van der Waals surface area contributed by atoms with Gasteiger partial charge in [0, 0.05) is 12.2 Å². The number of anilines is 1. The Morgan fingerprint density at radius 3 is 2.18 bits per heavy atom. The lowest BCUT2D eigenvalue weighted by molar-refractivity contribution is -0.141. The van der Waals surface area contributed by atoms with Crippen LogP contribution in [0.25, 0.3) is 6.08 Å². The van der Waals surface area contributed by atoms with E-state index in [1.54, 1.807) is 26.8 Å². The number of carbonyl (C=O) groups excluding carboxylic acids is 3. The summed E-state index contributed by atoms with van der Waals surface area (Å²) in [6.45, 7) is 19.0. The maximum absolute atomic E-state index is 14.1. The van der Waals surface area contributed by atoms with Gasteiger partial charge >= 0.3 is 6.09 Å². The molecule has 2 rings (SSSR count). The Hall–Kier alpha value is -3.61. The lowest BCUT2D eigenvalue weighted by Crippen LogP contribution is -2.54. The Kier molecular flexibility index (Phi) is 10.7. The van der Waals surface area contributed by atoms with Gasteiger partial charge in [0.2, 0.25) is 5.91 Å². The van der Waals surface area contributed by atoms with E-state index < -0.39 is 23.8 Å². The predicted molar refractivity (Wildman–Crippen MR) is 154 cm³/mol. The summed E-state index contributed by atoms with van der Waals surface area (Å²) >= 11 is 0. The Bertz CT molecular complexity index is 1130. The lowest BCUT2D eigenvalue weighted by atomic mass is 9.95. The van der Waals surface area contributed by atoms with Crippen LogP contribution in [0, 0.1) is 19.8 Å². The molecule has 3 amide bonds. The summed E-state index contributed by atoms with van der Waals surface area (Å²) < 4.78 is 5.44. The topological polar surface area (TPSA) is 87.7 Å². The van der Waals surface area contributed by atoms with Crippen LogP contribution in [0.15, 0.2) is 49.0 Å². The maximum atomic E-state index is 14.1. The molecule has 0 aliphatic rings. The van der Waals surface area contributed by atoms with E-state index in [9.17, 15) is 14.4 Å². The van der Waals surface area contributed by atoms with Gasteiger partial charge in [0.05, 0.1) is 0 Å². The molecule has 0 bridgehead atoms.